The second-order valence-electron chi connectivity index (χ2n) is 8.25. The minimum atomic E-state index is 0.401. The van der Waals surface area contributed by atoms with Crippen molar-refractivity contribution in [1.29, 1.82) is 0 Å². The Balaban J connectivity index is 1.48. The normalized spacial score (nSPS) is 37.2. The molecule has 2 unspecified atom stereocenters. The first-order valence-corrected chi connectivity index (χ1v) is 9.65. The maximum absolute atomic E-state index is 13.2. The summed E-state index contributed by atoms with van der Waals surface area (Å²) in [7, 11) is 0. The van der Waals surface area contributed by atoms with Gasteiger partial charge in [-0.05, 0) is 56.8 Å². The van der Waals surface area contributed by atoms with Crippen LogP contribution in [0.15, 0.2) is 0 Å². The van der Waals surface area contributed by atoms with E-state index in [1.165, 1.54) is 83.5 Å². The number of rotatable bonds is 3. The SMILES string of the molecule is O=C(C1CC2CC2C1)N(C1CCCCC1)C1CCCCC1. The summed E-state index contributed by atoms with van der Waals surface area (Å²) in [6.07, 6.45) is 17.1. The monoisotopic (exact) mass is 289 g/mol. The van der Waals surface area contributed by atoms with Gasteiger partial charge in [-0.15, -0.1) is 0 Å². The molecule has 0 aromatic rings. The van der Waals surface area contributed by atoms with Crippen LogP contribution in [0.1, 0.15) is 83.5 Å². The summed E-state index contributed by atoms with van der Waals surface area (Å²) in [6.45, 7) is 0. The van der Waals surface area contributed by atoms with Crippen LogP contribution in [-0.2, 0) is 4.79 Å². The van der Waals surface area contributed by atoms with E-state index in [-0.39, 0.29) is 0 Å². The van der Waals surface area contributed by atoms with Crippen LogP contribution in [0.4, 0.5) is 0 Å². The van der Waals surface area contributed by atoms with Crippen molar-refractivity contribution in [2.45, 2.75) is 95.6 Å². The summed E-state index contributed by atoms with van der Waals surface area (Å²) in [5, 5.41) is 0. The number of hydrogen-bond acceptors (Lipinski definition) is 1. The summed E-state index contributed by atoms with van der Waals surface area (Å²) in [6, 6.07) is 1.18. The molecule has 118 valence electrons. The Kier molecular flexibility index (Phi) is 3.98. The van der Waals surface area contributed by atoms with Gasteiger partial charge in [-0.1, -0.05) is 38.5 Å². The lowest BCUT2D eigenvalue weighted by molar-refractivity contribution is -0.142. The lowest BCUT2D eigenvalue weighted by Crippen LogP contribution is -2.50. The topological polar surface area (TPSA) is 20.3 Å². The zero-order valence-electron chi connectivity index (χ0n) is 13.4. The van der Waals surface area contributed by atoms with E-state index in [9.17, 15) is 4.79 Å². The molecule has 4 aliphatic rings. The molecule has 4 saturated carbocycles. The molecule has 0 bridgehead atoms. The van der Waals surface area contributed by atoms with Crippen LogP contribution >= 0.6 is 0 Å². The Bertz CT molecular complexity index is 353. The molecule has 0 heterocycles. The molecule has 0 N–H and O–H groups in total. The van der Waals surface area contributed by atoms with E-state index in [0.717, 1.165) is 11.8 Å². The molecule has 0 aromatic heterocycles. The van der Waals surface area contributed by atoms with Gasteiger partial charge < -0.3 is 4.90 Å². The molecular weight excluding hydrogens is 258 g/mol. The Morgan fingerprint density at radius 1 is 0.667 bits per heavy atom. The van der Waals surface area contributed by atoms with E-state index >= 15 is 0 Å². The average molecular weight is 289 g/mol. The van der Waals surface area contributed by atoms with Crippen molar-refractivity contribution in [3.8, 4) is 0 Å². The molecule has 2 nitrogen and oxygen atoms in total. The highest BCUT2D eigenvalue weighted by atomic mass is 16.2. The predicted molar refractivity (Wildman–Crippen MR) is 84.9 cm³/mol. The van der Waals surface area contributed by atoms with Crippen molar-refractivity contribution in [1.82, 2.24) is 4.90 Å². The lowest BCUT2D eigenvalue weighted by Gasteiger charge is -2.43. The summed E-state index contributed by atoms with van der Waals surface area (Å²) in [5.41, 5.74) is 0. The molecule has 0 aromatic carbocycles. The third-order valence-electron chi connectivity index (χ3n) is 6.78. The maximum Gasteiger partial charge on any atom is 0.226 e. The number of fused-ring (bicyclic) bond motifs is 1. The van der Waals surface area contributed by atoms with E-state index in [1.807, 2.05) is 0 Å². The zero-order valence-corrected chi connectivity index (χ0v) is 13.4. The van der Waals surface area contributed by atoms with Crippen molar-refractivity contribution in [3.63, 3.8) is 0 Å². The van der Waals surface area contributed by atoms with Crippen LogP contribution in [-0.4, -0.2) is 22.9 Å². The van der Waals surface area contributed by atoms with Gasteiger partial charge in [0.05, 0.1) is 0 Å². The van der Waals surface area contributed by atoms with Crippen molar-refractivity contribution in [3.05, 3.63) is 0 Å². The molecule has 0 spiro atoms. The van der Waals surface area contributed by atoms with Gasteiger partial charge in [-0.25, -0.2) is 0 Å². The number of nitrogens with zero attached hydrogens (tertiary/aromatic N) is 1. The fourth-order valence-corrected chi connectivity index (χ4v) is 5.50. The van der Waals surface area contributed by atoms with Gasteiger partial charge in [-0.3, -0.25) is 4.79 Å². The zero-order chi connectivity index (χ0) is 14.2. The Morgan fingerprint density at radius 2 is 1.14 bits per heavy atom. The van der Waals surface area contributed by atoms with Gasteiger partial charge >= 0.3 is 0 Å². The van der Waals surface area contributed by atoms with Crippen LogP contribution < -0.4 is 0 Å². The molecule has 0 aliphatic heterocycles. The third-order valence-corrected chi connectivity index (χ3v) is 6.78. The highest BCUT2D eigenvalue weighted by molar-refractivity contribution is 5.80. The van der Waals surface area contributed by atoms with Gasteiger partial charge in [0.1, 0.15) is 0 Å². The summed E-state index contributed by atoms with van der Waals surface area (Å²) in [4.78, 5) is 15.7. The molecule has 2 atom stereocenters. The van der Waals surface area contributed by atoms with Gasteiger partial charge in [0.25, 0.3) is 0 Å². The molecule has 4 fully saturated rings. The highest BCUT2D eigenvalue weighted by Crippen LogP contribution is 2.55. The Morgan fingerprint density at radius 3 is 1.62 bits per heavy atom. The van der Waals surface area contributed by atoms with Crippen LogP contribution in [0.2, 0.25) is 0 Å². The highest BCUT2D eigenvalue weighted by Gasteiger charge is 2.50. The quantitative estimate of drug-likeness (QED) is 0.747. The first kappa shape index (κ1) is 14.1. The first-order chi connectivity index (χ1) is 10.3. The second kappa shape index (κ2) is 5.93. The van der Waals surface area contributed by atoms with Crippen LogP contribution in [0, 0.1) is 17.8 Å². The summed E-state index contributed by atoms with van der Waals surface area (Å²) >= 11 is 0. The predicted octanol–water partition coefficient (Wildman–Crippen LogP) is 4.53. The number of hydrogen-bond donors (Lipinski definition) is 0. The largest absolute Gasteiger partial charge is 0.336 e. The first-order valence-electron chi connectivity index (χ1n) is 9.65. The molecule has 0 saturated heterocycles. The molecule has 21 heavy (non-hydrogen) atoms. The van der Waals surface area contributed by atoms with Gasteiger partial charge in [0.15, 0.2) is 0 Å². The maximum atomic E-state index is 13.2. The van der Waals surface area contributed by atoms with Crippen LogP contribution in [0.3, 0.4) is 0 Å². The second-order valence-corrected chi connectivity index (χ2v) is 8.25. The van der Waals surface area contributed by atoms with E-state index in [0.29, 0.717) is 23.9 Å². The molecular formula is C19H31NO. The van der Waals surface area contributed by atoms with E-state index in [4.69, 9.17) is 0 Å². The van der Waals surface area contributed by atoms with E-state index in [2.05, 4.69) is 4.90 Å². The van der Waals surface area contributed by atoms with Crippen LogP contribution in [0.25, 0.3) is 0 Å². The van der Waals surface area contributed by atoms with Crippen molar-refractivity contribution in [2.75, 3.05) is 0 Å². The van der Waals surface area contributed by atoms with Crippen LogP contribution in [0.5, 0.6) is 0 Å². The van der Waals surface area contributed by atoms with Gasteiger partial charge in [0.2, 0.25) is 5.91 Å². The fraction of sp³-hybridized carbons (Fsp3) is 0.947. The molecule has 4 aliphatic carbocycles. The number of carbonyl (C=O) groups excluding carboxylic acids is 1. The Labute approximate surface area is 129 Å². The average Bonchev–Trinajstić information content (AvgIpc) is 3.15. The minimum absolute atomic E-state index is 0.401. The standard InChI is InChI=1S/C19H31NO/c21-19(16-12-14-11-15(14)13-16)20(17-7-3-1-4-8-17)18-9-5-2-6-10-18/h14-18H,1-13H2. The van der Waals surface area contributed by atoms with Gasteiger partial charge in [0, 0.05) is 18.0 Å². The molecule has 0 radical (unpaired) electrons. The van der Waals surface area contributed by atoms with Crippen molar-refractivity contribution >= 4 is 5.91 Å². The summed E-state index contributed by atoms with van der Waals surface area (Å²) in [5.74, 6) is 2.83. The summed E-state index contributed by atoms with van der Waals surface area (Å²) < 4.78 is 0. The van der Waals surface area contributed by atoms with E-state index < -0.39 is 0 Å². The lowest BCUT2D eigenvalue weighted by atomic mass is 9.87. The molecule has 4 rings (SSSR count). The number of carbonyl (C=O) groups is 1. The Hall–Kier alpha value is -0.530. The van der Waals surface area contributed by atoms with Crippen molar-refractivity contribution in [2.24, 2.45) is 17.8 Å². The fourth-order valence-electron chi connectivity index (χ4n) is 5.50. The third kappa shape index (κ3) is 2.87. The van der Waals surface area contributed by atoms with E-state index in [1.54, 1.807) is 0 Å². The number of amides is 1. The molecule has 1 amide bonds. The molecule has 2 heteroatoms. The van der Waals surface area contributed by atoms with Gasteiger partial charge in [-0.2, -0.15) is 0 Å². The van der Waals surface area contributed by atoms with Crippen molar-refractivity contribution < 1.29 is 4.79 Å². The smallest absolute Gasteiger partial charge is 0.226 e. The minimum Gasteiger partial charge on any atom is -0.336 e.